The molecule has 2 aromatic rings. The maximum absolute atomic E-state index is 11.8. The molecular formula is C17H10N2O2. The number of benzene rings is 2. The first kappa shape index (κ1) is 11.9. The molecule has 100 valence electrons. The zero-order valence-electron chi connectivity index (χ0n) is 11.3. The van der Waals surface area contributed by atoms with Gasteiger partial charge in [0.15, 0.2) is 0 Å². The molecule has 2 aromatic carbocycles. The van der Waals surface area contributed by atoms with Gasteiger partial charge in [-0.05, 0) is 24.6 Å². The molecule has 2 aliphatic rings. The van der Waals surface area contributed by atoms with Crippen LogP contribution in [0, 0.1) is 11.3 Å². The number of aliphatic imine (C=N–C) groups is 1. The molecule has 0 radical (unpaired) electrons. The Bertz CT molecular complexity index is 930. The fraction of sp³-hybridized carbons (Fsp3) is 0.118. The Balaban J connectivity index is 2.13. The van der Waals surface area contributed by atoms with E-state index in [9.17, 15) is 10.1 Å². The minimum Gasteiger partial charge on any atom is -0.493 e. The van der Waals surface area contributed by atoms with Gasteiger partial charge in [0.1, 0.15) is 17.4 Å². The highest BCUT2D eigenvalue weighted by molar-refractivity contribution is 6.50. The quantitative estimate of drug-likeness (QED) is 0.845. The zero-order chi connectivity index (χ0) is 14.6. The van der Waals surface area contributed by atoms with E-state index in [4.69, 9.17) is 4.74 Å². The first-order valence-electron chi connectivity index (χ1n) is 6.73. The molecular weight excluding hydrogens is 264 g/mol. The van der Waals surface area contributed by atoms with Gasteiger partial charge in [-0.3, -0.25) is 4.79 Å². The molecule has 4 nitrogen and oxygen atoms in total. The van der Waals surface area contributed by atoms with Gasteiger partial charge in [0.05, 0.1) is 12.3 Å². The number of carbonyl (C=O) groups is 1. The third kappa shape index (κ3) is 1.38. The molecule has 0 spiro atoms. The van der Waals surface area contributed by atoms with Crippen LogP contribution in [0.5, 0.6) is 5.75 Å². The van der Waals surface area contributed by atoms with Crippen molar-refractivity contribution in [2.24, 2.45) is 4.99 Å². The first-order valence-corrected chi connectivity index (χ1v) is 6.73. The van der Waals surface area contributed by atoms with E-state index in [1.165, 1.54) is 0 Å². The smallest absolute Gasteiger partial charge is 0.288 e. The monoisotopic (exact) mass is 274 g/mol. The topological polar surface area (TPSA) is 62.4 Å². The maximum Gasteiger partial charge on any atom is 0.288 e. The van der Waals surface area contributed by atoms with Crippen molar-refractivity contribution in [3.05, 3.63) is 47.0 Å². The summed E-state index contributed by atoms with van der Waals surface area (Å²) in [6.45, 7) is 2.53. The fourth-order valence-corrected chi connectivity index (χ4v) is 3.07. The summed E-state index contributed by atoms with van der Waals surface area (Å²) < 4.78 is 5.67. The predicted molar refractivity (Wildman–Crippen MR) is 79.2 cm³/mol. The average molecular weight is 274 g/mol. The van der Waals surface area contributed by atoms with Crippen molar-refractivity contribution >= 4 is 28.0 Å². The molecule has 0 fully saturated rings. The van der Waals surface area contributed by atoms with Crippen LogP contribution in [0.1, 0.15) is 18.1 Å². The van der Waals surface area contributed by atoms with Crippen LogP contribution in [0.15, 0.2) is 40.9 Å². The summed E-state index contributed by atoms with van der Waals surface area (Å²) in [7, 11) is 0. The van der Waals surface area contributed by atoms with Gasteiger partial charge < -0.3 is 4.74 Å². The third-order valence-corrected chi connectivity index (χ3v) is 3.85. The van der Waals surface area contributed by atoms with E-state index >= 15 is 0 Å². The van der Waals surface area contributed by atoms with Gasteiger partial charge in [-0.2, -0.15) is 5.26 Å². The van der Waals surface area contributed by atoms with Gasteiger partial charge >= 0.3 is 0 Å². The van der Waals surface area contributed by atoms with Gasteiger partial charge in [0.2, 0.25) is 0 Å². The number of fused-ring (bicyclic) bond motifs is 3. The molecule has 0 aromatic heterocycles. The van der Waals surface area contributed by atoms with E-state index in [0.717, 1.165) is 27.6 Å². The van der Waals surface area contributed by atoms with Crippen molar-refractivity contribution in [3.63, 3.8) is 0 Å². The van der Waals surface area contributed by atoms with Crippen LogP contribution in [0.2, 0.25) is 0 Å². The Labute approximate surface area is 121 Å². The number of amides is 1. The van der Waals surface area contributed by atoms with Gasteiger partial charge in [-0.1, -0.05) is 18.2 Å². The molecule has 1 aliphatic carbocycles. The predicted octanol–water partition coefficient (Wildman–Crippen LogP) is 2.86. The Hall–Kier alpha value is -2.93. The van der Waals surface area contributed by atoms with E-state index < -0.39 is 5.91 Å². The lowest BCUT2D eigenvalue weighted by molar-refractivity contribution is -0.113. The number of rotatable bonds is 2. The van der Waals surface area contributed by atoms with Crippen molar-refractivity contribution < 1.29 is 9.53 Å². The summed E-state index contributed by atoms with van der Waals surface area (Å²) in [6, 6.07) is 11.6. The molecule has 4 rings (SSSR count). The highest BCUT2D eigenvalue weighted by atomic mass is 16.5. The minimum absolute atomic E-state index is 0.131. The fourth-order valence-electron chi connectivity index (χ4n) is 3.07. The van der Waals surface area contributed by atoms with Gasteiger partial charge in [-0.15, -0.1) is 0 Å². The second-order valence-electron chi connectivity index (χ2n) is 4.90. The number of nitrogens with zero attached hydrogens (tertiary/aromatic N) is 2. The van der Waals surface area contributed by atoms with Crippen LogP contribution >= 0.6 is 0 Å². The van der Waals surface area contributed by atoms with Crippen LogP contribution < -0.4 is 4.74 Å². The number of allylic oxidation sites excluding steroid dienone is 1. The Morgan fingerprint density at radius 2 is 2.10 bits per heavy atom. The second-order valence-corrected chi connectivity index (χ2v) is 4.90. The Morgan fingerprint density at radius 3 is 2.86 bits per heavy atom. The van der Waals surface area contributed by atoms with Crippen molar-refractivity contribution in [1.29, 1.82) is 5.26 Å². The first-order chi connectivity index (χ1) is 10.3. The van der Waals surface area contributed by atoms with Crippen molar-refractivity contribution in [1.82, 2.24) is 0 Å². The SMILES string of the molecule is CCOc1ccc2c3c(cccc13)C1=NC(=O)C(C#N)=C12. The average Bonchev–Trinajstić information content (AvgIpc) is 2.98. The van der Waals surface area contributed by atoms with E-state index in [2.05, 4.69) is 4.99 Å². The molecule has 0 atom stereocenters. The molecule has 0 N–H and O–H groups in total. The summed E-state index contributed by atoms with van der Waals surface area (Å²) in [4.78, 5) is 15.9. The van der Waals surface area contributed by atoms with Crippen molar-refractivity contribution in [2.75, 3.05) is 6.61 Å². The number of nitriles is 1. The minimum atomic E-state index is -0.445. The van der Waals surface area contributed by atoms with Crippen LogP contribution in [0.4, 0.5) is 0 Å². The van der Waals surface area contributed by atoms with Gasteiger partial charge in [0.25, 0.3) is 5.91 Å². The molecule has 0 bridgehead atoms. The lowest BCUT2D eigenvalue weighted by atomic mass is 10.0. The normalized spacial score (nSPS) is 15.2. The summed E-state index contributed by atoms with van der Waals surface area (Å²) in [5, 5.41) is 11.2. The zero-order valence-corrected chi connectivity index (χ0v) is 11.3. The number of carbonyl (C=O) groups excluding carboxylic acids is 1. The largest absolute Gasteiger partial charge is 0.493 e. The maximum atomic E-state index is 11.8. The Kier molecular flexibility index (Phi) is 2.28. The lowest BCUT2D eigenvalue weighted by Gasteiger charge is -2.09. The van der Waals surface area contributed by atoms with Crippen LogP contribution in [-0.4, -0.2) is 18.2 Å². The number of hydrogen-bond acceptors (Lipinski definition) is 3. The molecule has 4 heteroatoms. The molecule has 1 heterocycles. The standard InChI is InChI=1S/C17H10N2O2/c1-2-21-13-7-6-10-14-9(13)4-3-5-11(14)16-15(10)12(8-18)17(20)19-16/h3-7H,2H2,1H3. The lowest BCUT2D eigenvalue weighted by Crippen LogP contribution is -1.95. The van der Waals surface area contributed by atoms with E-state index in [1.54, 1.807) is 0 Å². The molecule has 21 heavy (non-hydrogen) atoms. The second kappa shape index (κ2) is 4.03. The highest BCUT2D eigenvalue weighted by Gasteiger charge is 2.36. The van der Waals surface area contributed by atoms with Crippen LogP contribution in [0.3, 0.4) is 0 Å². The molecule has 0 unspecified atom stereocenters. The molecule has 1 amide bonds. The van der Waals surface area contributed by atoms with E-state index in [1.807, 2.05) is 43.3 Å². The van der Waals surface area contributed by atoms with Gasteiger partial charge in [-0.25, -0.2) is 4.99 Å². The summed E-state index contributed by atoms with van der Waals surface area (Å²) in [5.74, 6) is 0.364. The summed E-state index contributed by atoms with van der Waals surface area (Å²) >= 11 is 0. The van der Waals surface area contributed by atoms with E-state index in [-0.39, 0.29) is 5.57 Å². The Morgan fingerprint density at radius 1 is 1.24 bits per heavy atom. The number of hydrogen-bond donors (Lipinski definition) is 0. The molecule has 0 saturated heterocycles. The summed E-state index contributed by atoms with van der Waals surface area (Å²) in [6.07, 6.45) is 0. The van der Waals surface area contributed by atoms with Crippen molar-refractivity contribution in [2.45, 2.75) is 6.92 Å². The third-order valence-electron chi connectivity index (χ3n) is 3.85. The van der Waals surface area contributed by atoms with Crippen LogP contribution in [-0.2, 0) is 4.79 Å². The van der Waals surface area contributed by atoms with Gasteiger partial charge in [0, 0.05) is 21.9 Å². The molecule has 1 aliphatic heterocycles. The van der Waals surface area contributed by atoms with Crippen molar-refractivity contribution in [3.8, 4) is 11.8 Å². The molecule has 0 saturated carbocycles. The summed E-state index contributed by atoms with van der Waals surface area (Å²) in [5.41, 5.74) is 3.21. The number of ether oxygens (including phenoxy) is 1. The highest BCUT2D eigenvalue weighted by Crippen LogP contribution is 2.45. The van der Waals surface area contributed by atoms with Crippen LogP contribution in [0.25, 0.3) is 16.3 Å². The van der Waals surface area contributed by atoms with E-state index in [0.29, 0.717) is 17.9 Å².